The first kappa shape index (κ1) is 12.9. The van der Waals surface area contributed by atoms with Gasteiger partial charge in [0.05, 0.1) is 5.69 Å². The molecule has 1 aliphatic rings. The second kappa shape index (κ2) is 3.70. The monoisotopic (exact) mass is 250 g/mol. The normalized spacial score (nSPS) is 20.5. The molecule has 3 nitrogen and oxygen atoms in total. The van der Waals surface area contributed by atoms with E-state index in [4.69, 9.17) is 5.73 Å². The van der Waals surface area contributed by atoms with E-state index in [2.05, 4.69) is 33.0 Å². The lowest BCUT2D eigenvalue weighted by atomic mass is 10.0. The molecule has 3 N–H and O–H groups in total. The Balaban J connectivity index is 2.12. The average Bonchev–Trinajstić information content (AvgIpc) is 2.65. The molecule has 0 saturated heterocycles. The van der Waals surface area contributed by atoms with E-state index < -0.39 is 5.82 Å². The van der Waals surface area contributed by atoms with Crippen molar-refractivity contribution < 1.29 is 9.18 Å². The van der Waals surface area contributed by atoms with Crippen LogP contribution in [0.5, 0.6) is 0 Å². The number of amides is 1. The third kappa shape index (κ3) is 1.76. The molecule has 1 aromatic rings. The van der Waals surface area contributed by atoms with Gasteiger partial charge in [-0.25, -0.2) is 4.39 Å². The van der Waals surface area contributed by atoms with E-state index in [0.29, 0.717) is 5.56 Å². The summed E-state index contributed by atoms with van der Waals surface area (Å²) in [7, 11) is 0. The molecule has 1 fully saturated rings. The van der Waals surface area contributed by atoms with Crippen molar-refractivity contribution in [3.05, 3.63) is 29.6 Å². The minimum absolute atomic E-state index is 0.0543. The number of nitrogens with two attached hydrogens (primary N) is 1. The van der Waals surface area contributed by atoms with Crippen LogP contribution in [0.2, 0.25) is 0 Å². The molecule has 1 aromatic carbocycles. The summed E-state index contributed by atoms with van der Waals surface area (Å²) in [4.78, 5) is 12.0. The van der Waals surface area contributed by atoms with Gasteiger partial charge in [-0.05, 0) is 29.0 Å². The number of halogens is 1. The fraction of sp³-hybridized carbons (Fsp3) is 0.500. The van der Waals surface area contributed by atoms with Crippen LogP contribution in [0.15, 0.2) is 18.2 Å². The average molecular weight is 250 g/mol. The molecule has 0 aromatic heterocycles. The molecule has 1 saturated carbocycles. The highest BCUT2D eigenvalue weighted by Gasteiger charge is 2.65. The molecule has 0 bridgehead atoms. The predicted molar refractivity (Wildman–Crippen MR) is 69.6 cm³/mol. The summed E-state index contributed by atoms with van der Waals surface area (Å²) in [6.45, 7) is 8.45. The molecule has 1 aliphatic carbocycles. The van der Waals surface area contributed by atoms with E-state index in [1.54, 1.807) is 0 Å². The Morgan fingerprint density at radius 3 is 2.28 bits per heavy atom. The van der Waals surface area contributed by atoms with E-state index in [1.807, 2.05) is 0 Å². The van der Waals surface area contributed by atoms with Gasteiger partial charge in [-0.15, -0.1) is 0 Å². The highest BCUT2D eigenvalue weighted by atomic mass is 19.1. The van der Waals surface area contributed by atoms with Crippen molar-refractivity contribution in [2.75, 3.05) is 5.73 Å². The van der Waals surface area contributed by atoms with Crippen LogP contribution in [-0.4, -0.2) is 11.9 Å². The largest absolute Gasteiger partial charge is 0.396 e. The Morgan fingerprint density at radius 1 is 1.28 bits per heavy atom. The van der Waals surface area contributed by atoms with Crippen LogP contribution in [0.1, 0.15) is 38.1 Å². The number of anilines is 1. The molecule has 2 rings (SSSR count). The van der Waals surface area contributed by atoms with Crippen molar-refractivity contribution in [3.63, 3.8) is 0 Å². The van der Waals surface area contributed by atoms with E-state index in [9.17, 15) is 9.18 Å². The Morgan fingerprint density at radius 2 is 1.83 bits per heavy atom. The first-order chi connectivity index (χ1) is 8.18. The van der Waals surface area contributed by atoms with Crippen LogP contribution in [0.4, 0.5) is 10.1 Å². The van der Waals surface area contributed by atoms with Crippen molar-refractivity contribution in [3.8, 4) is 0 Å². The van der Waals surface area contributed by atoms with Crippen molar-refractivity contribution >= 4 is 11.6 Å². The van der Waals surface area contributed by atoms with Gasteiger partial charge in [-0.1, -0.05) is 27.7 Å². The van der Waals surface area contributed by atoms with E-state index >= 15 is 0 Å². The number of hydrogen-bond donors (Lipinski definition) is 2. The quantitative estimate of drug-likeness (QED) is 0.793. The van der Waals surface area contributed by atoms with E-state index in [-0.39, 0.29) is 28.5 Å². The number of benzene rings is 1. The molecule has 0 radical (unpaired) electrons. The van der Waals surface area contributed by atoms with Crippen molar-refractivity contribution in [2.24, 2.45) is 10.8 Å². The number of rotatable bonds is 2. The topological polar surface area (TPSA) is 55.1 Å². The van der Waals surface area contributed by atoms with Crippen LogP contribution >= 0.6 is 0 Å². The van der Waals surface area contributed by atoms with Crippen LogP contribution in [0, 0.1) is 16.6 Å². The van der Waals surface area contributed by atoms with Crippen molar-refractivity contribution in [2.45, 2.75) is 33.7 Å². The maximum Gasteiger partial charge on any atom is 0.251 e. The van der Waals surface area contributed by atoms with Gasteiger partial charge in [-0.3, -0.25) is 4.79 Å². The van der Waals surface area contributed by atoms with Crippen LogP contribution in [-0.2, 0) is 0 Å². The molecule has 18 heavy (non-hydrogen) atoms. The lowest BCUT2D eigenvalue weighted by Gasteiger charge is -2.07. The summed E-state index contributed by atoms with van der Waals surface area (Å²) in [5, 5.41) is 2.95. The minimum Gasteiger partial charge on any atom is -0.396 e. The van der Waals surface area contributed by atoms with E-state index in [0.717, 1.165) is 0 Å². The molecule has 0 atom stereocenters. The standard InChI is InChI=1S/C14H19FN2O/c1-13(2)12(14(13,3)4)17-11(18)8-5-6-10(16)9(15)7-8/h5-7,12H,16H2,1-4H3,(H,17,18). The highest BCUT2D eigenvalue weighted by molar-refractivity contribution is 5.95. The molecular weight excluding hydrogens is 231 g/mol. The molecule has 0 aliphatic heterocycles. The van der Waals surface area contributed by atoms with Crippen LogP contribution < -0.4 is 11.1 Å². The Labute approximate surface area is 107 Å². The van der Waals surface area contributed by atoms with Crippen LogP contribution in [0.3, 0.4) is 0 Å². The molecule has 98 valence electrons. The number of carbonyl (C=O) groups excluding carboxylic acids is 1. The Bertz CT molecular complexity index is 495. The minimum atomic E-state index is -0.558. The zero-order chi connectivity index (χ0) is 13.7. The Kier molecular flexibility index (Phi) is 2.65. The summed E-state index contributed by atoms with van der Waals surface area (Å²) in [5.41, 5.74) is 5.87. The van der Waals surface area contributed by atoms with E-state index in [1.165, 1.54) is 18.2 Å². The fourth-order valence-corrected chi connectivity index (χ4v) is 2.44. The third-order valence-corrected chi connectivity index (χ3v) is 4.56. The second-order valence-corrected chi connectivity index (χ2v) is 6.09. The molecule has 0 heterocycles. The maximum atomic E-state index is 13.3. The summed E-state index contributed by atoms with van der Waals surface area (Å²) < 4.78 is 13.3. The first-order valence-electron chi connectivity index (χ1n) is 6.04. The van der Waals surface area contributed by atoms with Gasteiger partial charge in [0.15, 0.2) is 0 Å². The second-order valence-electron chi connectivity index (χ2n) is 6.09. The zero-order valence-corrected chi connectivity index (χ0v) is 11.2. The number of nitrogen functional groups attached to an aromatic ring is 1. The van der Waals surface area contributed by atoms with Gasteiger partial charge in [0.1, 0.15) is 5.82 Å². The lowest BCUT2D eigenvalue weighted by molar-refractivity contribution is 0.0943. The summed E-state index contributed by atoms with van der Waals surface area (Å²) in [6, 6.07) is 4.23. The smallest absolute Gasteiger partial charge is 0.251 e. The molecular formula is C14H19FN2O. The summed E-state index contributed by atoms with van der Waals surface area (Å²) in [6.07, 6.45) is 0. The molecule has 0 unspecified atom stereocenters. The molecule has 4 heteroatoms. The Hall–Kier alpha value is -1.58. The maximum absolute atomic E-state index is 13.3. The van der Waals surface area contributed by atoms with Crippen LogP contribution in [0.25, 0.3) is 0 Å². The third-order valence-electron chi connectivity index (χ3n) is 4.56. The summed E-state index contributed by atoms with van der Waals surface area (Å²) >= 11 is 0. The fourth-order valence-electron chi connectivity index (χ4n) is 2.44. The number of hydrogen-bond acceptors (Lipinski definition) is 2. The number of carbonyl (C=O) groups is 1. The van der Waals surface area contributed by atoms with Gasteiger partial charge in [0.25, 0.3) is 5.91 Å². The van der Waals surface area contributed by atoms with Crippen molar-refractivity contribution in [1.82, 2.24) is 5.32 Å². The van der Waals surface area contributed by atoms with Crippen molar-refractivity contribution in [1.29, 1.82) is 0 Å². The first-order valence-corrected chi connectivity index (χ1v) is 6.04. The van der Waals surface area contributed by atoms with Gasteiger partial charge in [-0.2, -0.15) is 0 Å². The van der Waals surface area contributed by atoms with Gasteiger partial charge >= 0.3 is 0 Å². The highest BCUT2D eigenvalue weighted by Crippen LogP contribution is 2.62. The molecule has 0 spiro atoms. The predicted octanol–water partition coefficient (Wildman–Crippen LogP) is 2.57. The van der Waals surface area contributed by atoms with Gasteiger partial charge in [0.2, 0.25) is 0 Å². The lowest BCUT2D eigenvalue weighted by Crippen LogP contribution is -2.29. The SMILES string of the molecule is CC1(C)C(NC(=O)c2ccc(N)c(F)c2)C1(C)C. The van der Waals surface area contributed by atoms with Gasteiger partial charge in [0, 0.05) is 11.6 Å². The number of nitrogens with one attached hydrogen (secondary N) is 1. The summed E-state index contributed by atoms with van der Waals surface area (Å²) in [5.74, 6) is -0.811. The molecule has 1 amide bonds. The van der Waals surface area contributed by atoms with Gasteiger partial charge < -0.3 is 11.1 Å². The zero-order valence-electron chi connectivity index (χ0n) is 11.2.